The molecule has 1 saturated carbocycles. The zero-order chi connectivity index (χ0) is 14.1. The van der Waals surface area contributed by atoms with Crippen molar-refractivity contribution in [1.29, 1.82) is 0 Å². The second kappa shape index (κ2) is 9.32. The van der Waals surface area contributed by atoms with Crippen LogP contribution >= 0.6 is 0 Å². The number of ether oxygens (including phenoxy) is 1. The van der Waals surface area contributed by atoms with E-state index in [4.69, 9.17) is 4.74 Å². The molecule has 0 aromatic heterocycles. The smallest absolute Gasteiger partial charge is 0.322 e. The van der Waals surface area contributed by atoms with E-state index in [-0.39, 0.29) is 12.0 Å². The van der Waals surface area contributed by atoms with E-state index in [1.807, 2.05) is 0 Å². The van der Waals surface area contributed by atoms with Gasteiger partial charge in [-0.25, -0.2) is 0 Å². The molecule has 4 nitrogen and oxygen atoms in total. The number of hydrogen-bond acceptors (Lipinski definition) is 4. The van der Waals surface area contributed by atoms with Gasteiger partial charge in [0.1, 0.15) is 6.04 Å². The molecule has 1 fully saturated rings. The number of hydrogen-bond donors (Lipinski definition) is 1. The first-order valence-electron chi connectivity index (χ1n) is 7.74. The SMILES string of the molecule is CCCNC(CCN(CCC)CC1CC1)C(=O)OC. The fourth-order valence-corrected chi connectivity index (χ4v) is 2.35. The van der Waals surface area contributed by atoms with E-state index in [1.165, 1.54) is 32.9 Å². The second-order valence-corrected chi connectivity index (χ2v) is 5.56. The average molecular weight is 270 g/mol. The van der Waals surface area contributed by atoms with Gasteiger partial charge in [-0.2, -0.15) is 0 Å². The summed E-state index contributed by atoms with van der Waals surface area (Å²) < 4.78 is 4.88. The van der Waals surface area contributed by atoms with Crippen molar-refractivity contribution in [1.82, 2.24) is 10.2 Å². The molecule has 0 saturated heterocycles. The molecule has 1 atom stereocenters. The minimum Gasteiger partial charge on any atom is -0.468 e. The van der Waals surface area contributed by atoms with E-state index >= 15 is 0 Å². The fraction of sp³-hybridized carbons (Fsp3) is 0.933. The van der Waals surface area contributed by atoms with E-state index in [1.54, 1.807) is 0 Å². The van der Waals surface area contributed by atoms with Gasteiger partial charge in [0.25, 0.3) is 0 Å². The molecule has 0 radical (unpaired) electrons. The van der Waals surface area contributed by atoms with Gasteiger partial charge in [-0.3, -0.25) is 4.79 Å². The summed E-state index contributed by atoms with van der Waals surface area (Å²) in [6.07, 6.45) is 5.83. The third kappa shape index (κ3) is 6.92. The van der Waals surface area contributed by atoms with Crippen molar-refractivity contribution in [3.05, 3.63) is 0 Å². The number of nitrogens with zero attached hydrogens (tertiary/aromatic N) is 1. The Kier molecular flexibility index (Phi) is 8.07. The van der Waals surface area contributed by atoms with E-state index in [0.29, 0.717) is 0 Å². The normalized spacial score (nSPS) is 16.6. The van der Waals surface area contributed by atoms with Crippen LogP contribution in [0.5, 0.6) is 0 Å². The molecule has 0 heterocycles. The highest BCUT2D eigenvalue weighted by Crippen LogP contribution is 2.29. The number of esters is 1. The number of nitrogens with one attached hydrogen (secondary N) is 1. The molecule has 0 aliphatic heterocycles. The van der Waals surface area contributed by atoms with Crippen molar-refractivity contribution >= 4 is 5.97 Å². The van der Waals surface area contributed by atoms with Crippen LogP contribution < -0.4 is 5.32 Å². The lowest BCUT2D eigenvalue weighted by molar-refractivity contribution is -0.143. The molecular weight excluding hydrogens is 240 g/mol. The Morgan fingerprint density at radius 3 is 2.58 bits per heavy atom. The number of methoxy groups -OCH3 is 1. The lowest BCUT2D eigenvalue weighted by atomic mass is 10.2. The quantitative estimate of drug-likeness (QED) is 0.583. The summed E-state index contributed by atoms with van der Waals surface area (Å²) in [5, 5.41) is 3.29. The largest absolute Gasteiger partial charge is 0.468 e. The fourth-order valence-electron chi connectivity index (χ4n) is 2.35. The maximum Gasteiger partial charge on any atom is 0.322 e. The molecule has 1 rings (SSSR count). The molecule has 0 bridgehead atoms. The maximum absolute atomic E-state index is 11.7. The molecule has 0 aromatic rings. The molecule has 0 spiro atoms. The highest BCUT2D eigenvalue weighted by atomic mass is 16.5. The third-order valence-electron chi connectivity index (χ3n) is 3.61. The van der Waals surface area contributed by atoms with Crippen molar-refractivity contribution < 1.29 is 9.53 Å². The Hall–Kier alpha value is -0.610. The summed E-state index contributed by atoms with van der Waals surface area (Å²) in [4.78, 5) is 14.2. The average Bonchev–Trinajstić information content (AvgIpc) is 3.22. The third-order valence-corrected chi connectivity index (χ3v) is 3.61. The zero-order valence-electron chi connectivity index (χ0n) is 12.8. The van der Waals surface area contributed by atoms with Crippen LogP contribution in [-0.2, 0) is 9.53 Å². The van der Waals surface area contributed by atoms with Crippen molar-refractivity contribution in [2.24, 2.45) is 5.92 Å². The van der Waals surface area contributed by atoms with E-state index < -0.39 is 0 Å². The molecule has 0 aromatic carbocycles. The number of carbonyl (C=O) groups is 1. The van der Waals surface area contributed by atoms with Gasteiger partial charge >= 0.3 is 5.97 Å². The molecule has 112 valence electrons. The maximum atomic E-state index is 11.7. The Morgan fingerprint density at radius 1 is 1.32 bits per heavy atom. The molecule has 4 heteroatoms. The Balaban J connectivity index is 2.34. The van der Waals surface area contributed by atoms with Crippen LogP contribution in [0.3, 0.4) is 0 Å². The molecule has 0 amide bonds. The van der Waals surface area contributed by atoms with Crippen LogP contribution in [0, 0.1) is 5.92 Å². The monoisotopic (exact) mass is 270 g/mol. The molecule has 19 heavy (non-hydrogen) atoms. The predicted molar refractivity (Wildman–Crippen MR) is 78.2 cm³/mol. The Labute approximate surface area is 117 Å². The van der Waals surface area contributed by atoms with Crippen molar-refractivity contribution in [3.63, 3.8) is 0 Å². The van der Waals surface area contributed by atoms with Gasteiger partial charge in [-0.15, -0.1) is 0 Å². The van der Waals surface area contributed by atoms with E-state index in [9.17, 15) is 4.79 Å². The summed E-state index contributed by atoms with van der Waals surface area (Å²) >= 11 is 0. The van der Waals surface area contributed by atoms with Gasteiger partial charge in [0.15, 0.2) is 0 Å². The van der Waals surface area contributed by atoms with Crippen LogP contribution in [0.25, 0.3) is 0 Å². The van der Waals surface area contributed by atoms with Gasteiger partial charge in [-0.05, 0) is 51.1 Å². The van der Waals surface area contributed by atoms with Crippen LogP contribution in [0.15, 0.2) is 0 Å². The highest BCUT2D eigenvalue weighted by molar-refractivity contribution is 5.75. The number of rotatable bonds is 11. The van der Waals surface area contributed by atoms with Crippen molar-refractivity contribution in [2.45, 2.75) is 52.0 Å². The number of carbonyl (C=O) groups excluding carboxylic acids is 1. The summed E-state index contributed by atoms with van der Waals surface area (Å²) in [5.41, 5.74) is 0. The Bertz CT molecular complexity index is 255. The summed E-state index contributed by atoms with van der Waals surface area (Å²) in [7, 11) is 1.47. The van der Waals surface area contributed by atoms with Gasteiger partial charge in [-0.1, -0.05) is 13.8 Å². The molecule has 1 aliphatic rings. The first-order valence-corrected chi connectivity index (χ1v) is 7.74. The van der Waals surface area contributed by atoms with Gasteiger partial charge in [0, 0.05) is 13.1 Å². The Morgan fingerprint density at radius 2 is 2.05 bits per heavy atom. The van der Waals surface area contributed by atoms with Gasteiger partial charge < -0.3 is 15.0 Å². The van der Waals surface area contributed by atoms with Gasteiger partial charge in [0.05, 0.1) is 7.11 Å². The van der Waals surface area contributed by atoms with Crippen LogP contribution in [0.2, 0.25) is 0 Å². The first kappa shape index (κ1) is 16.4. The molecule has 1 unspecified atom stereocenters. The van der Waals surface area contributed by atoms with Crippen LogP contribution in [-0.4, -0.2) is 50.2 Å². The molecular formula is C15H30N2O2. The minimum atomic E-state index is -0.150. The molecule has 1 aliphatic carbocycles. The standard InChI is InChI=1S/C15H30N2O2/c1-4-9-16-14(15(18)19-3)8-11-17(10-5-2)12-13-6-7-13/h13-14,16H,4-12H2,1-3H3. The lowest BCUT2D eigenvalue weighted by Crippen LogP contribution is -2.41. The summed E-state index contributed by atoms with van der Waals surface area (Å²) in [6, 6.07) is -0.150. The van der Waals surface area contributed by atoms with Crippen molar-refractivity contribution in [3.8, 4) is 0 Å². The summed E-state index contributed by atoms with van der Waals surface area (Å²) in [6.45, 7) is 8.52. The van der Waals surface area contributed by atoms with E-state index in [2.05, 4.69) is 24.1 Å². The summed E-state index contributed by atoms with van der Waals surface area (Å²) in [5.74, 6) is 0.781. The minimum absolute atomic E-state index is 0.128. The zero-order valence-corrected chi connectivity index (χ0v) is 12.8. The van der Waals surface area contributed by atoms with Crippen LogP contribution in [0.4, 0.5) is 0 Å². The first-order chi connectivity index (χ1) is 9.21. The van der Waals surface area contributed by atoms with Crippen molar-refractivity contribution in [2.75, 3.05) is 33.3 Å². The second-order valence-electron chi connectivity index (χ2n) is 5.56. The highest BCUT2D eigenvalue weighted by Gasteiger charge is 2.25. The van der Waals surface area contributed by atoms with Gasteiger partial charge in [0.2, 0.25) is 0 Å². The lowest BCUT2D eigenvalue weighted by Gasteiger charge is -2.24. The molecule has 1 N–H and O–H groups in total. The predicted octanol–water partition coefficient (Wildman–Crippen LogP) is 2.04. The van der Waals surface area contributed by atoms with E-state index in [0.717, 1.165) is 38.4 Å². The topological polar surface area (TPSA) is 41.6 Å². The van der Waals surface area contributed by atoms with Crippen LogP contribution in [0.1, 0.15) is 46.0 Å².